The Kier molecular flexibility index (Phi) is 2.65. The van der Waals surface area contributed by atoms with Gasteiger partial charge in [-0.15, -0.1) is 0 Å². The molecule has 0 amide bonds. The molecular weight excluding hydrogens is 187 g/mol. The molecule has 1 heterocycles. The number of aliphatic hydroxyl groups is 1. The van der Waals surface area contributed by atoms with E-state index in [2.05, 4.69) is 9.97 Å². The van der Waals surface area contributed by atoms with Crippen molar-refractivity contribution in [2.24, 2.45) is 0 Å². The van der Waals surface area contributed by atoms with E-state index in [4.69, 9.17) is 28.3 Å². The Bertz CT molecular complexity index is 278. The normalized spacial score (nSPS) is 10.2. The predicted octanol–water partition coefficient (Wildman–Crippen LogP) is 1.58. The minimum atomic E-state index is -0.218. The molecule has 0 fully saturated rings. The van der Waals surface area contributed by atoms with Crippen LogP contribution >= 0.6 is 23.2 Å². The van der Waals surface area contributed by atoms with Crippen LogP contribution in [-0.2, 0) is 6.61 Å². The summed E-state index contributed by atoms with van der Waals surface area (Å²) in [6.07, 6.45) is 0. The number of nitrogens with zero attached hydrogens (tertiary/aromatic N) is 2. The lowest BCUT2D eigenvalue weighted by atomic mass is 10.4. The van der Waals surface area contributed by atoms with Crippen molar-refractivity contribution in [2.45, 2.75) is 13.5 Å². The number of rotatable bonds is 1. The Morgan fingerprint density at radius 1 is 1.27 bits per heavy atom. The highest BCUT2D eigenvalue weighted by atomic mass is 35.5. The Labute approximate surface area is 74.0 Å². The number of hydrogen-bond acceptors (Lipinski definition) is 3. The van der Waals surface area contributed by atoms with Gasteiger partial charge in [0.15, 0.2) is 10.3 Å². The average Bonchev–Trinajstić information content (AvgIpc) is 1.97. The minimum Gasteiger partial charge on any atom is -0.390 e. The number of aromatic nitrogens is 2. The van der Waals surface area contributed by atoms with Crippen LogP contribution in [0.25, 0.3) is 0 Å². The van der Waals surface area contributed by atoms with E-state index in [1.54, 1.807) is 6.92 Å². The van der Waals surface area contributed by atoms with E-state index >= 15 is 0 Å². The van der Waals surface area contributed by atoms with Crippen molar-refractivity contribution in [3.05, 3.63) is 21.7 Å². The molecule has 0 atom stereocenters. The van der Waals surface area contributed by atoms with Gasteiger partial charge in [-0.3, -0.25) is 0 Å². The number of aliphatic hydroxyl groups excluding tert-OH is 1. The first-order chi connectivity index (χ1) is 5.15. The second-order valence-corrected chi connectivity index (χ2v) is 2.71. The molecule has 0 aliphatic carbocycles. The zero-order chi connectivity index (χ0) is 8.43. The van der Waals surface area contributed by atoms with Crippen LogP contribution in [0.2, 0.25) is 10.3 Å². The SMILES string of the molecule is Cc1nc(CO)c(Cl)nc1Cl. The molecule has 0 saturated heterocycles. The lowest BCUT2D eigenvalue weighted by Crippen LogP contribution is -1.97. The third-order valence-electron chi connectivity index (χ3n) is 1.19. The van der Waals surface area contributed by atoms with E-state index in [1.807, 2.05) is 0 Å². The van der Waals surface area contributed by atoms with Gasteiger partial charge in [0.05, 0.1) is 12.3 Å². The van der Waals surface area contributed by atoms with Crippen LogP contribution in [-0.4, -0.2) is 15.1 Å². The molecular formula is C6H6Cl2N2O. The fourth-order valence-corrected chi connectivity index (χ4v) is 0.983. The van der Waals surface area contributed by atoms with E-state index < -0.39 is 0 Å². The van der Waals surface area contributed by atoms with E-state index in [9.17, 15) is 0 Å². The molecule has 0 aliphatic rings. The molecule has 1 N–H and O–H groups in total. The first-order valence-electron chi connectivity index (χ1n) is 2.94. The molecule has 0 bridgehead atoms. The average molecular weight is 193 g/mol. The highest BCUT2D eigenvalue weighted by molar-refractivity contribution is 6.32. The largest absolute Gasteiger partial charge is 0.390 e. The lowest BCUT2D eigenvalue weighted by molar-refractivity contribution is 0.276. The van der Waals surface area contributed by atoms with Crippen LogP contribution in [0.5, 0.6) is 0 Å². The van der Waals surface area contributed by atoms with Crippen molar-refractivity contribution >= 4 is 23.2 Å². The Morgan fingerprint density at radius 2 is 1.91 bits per heavy atom. The maximum atomic E-state index is 8.70. The number of halogens is 2. The zero-order valence-electron chi connectivity index (χ0n) is 5.80. The molecule has 0 saturated carbocycles. The molecule has 0 aliphatic heterocycles. The third kappa shape index (κ3) is 1.80. The number of hydrogen-bond donors (Lipinski definition) is 1. The van der Waals surface area contributed by atoms with Crippen LogP contribution < -0.4 is 0 Å². The van der Waals surface area contributed by atoms with Gasteiger partial charge in [0.2, 0.25) is 0 Å². The topological polar surface area (TPSA) is 46.0 Å². The standard InChI is InChI=1S/C6H6Cl2N2O/c1-3-5(7)10-6(8)4(2-11)9-3/h11H,2H2,1H3. The van der Waals surface area contributed by atoms with Crippen molar-refractivity contribution in [3.63, 3.8) is 0 Å². The zero-order valence-corrected chi connectivity index (χ0v) is 7.32. The van der Waals surface area contributed by atoms with Gasteiger partial charge in [0.1, 0.15) is 5.69 Å². The Morgan fingerprint density at radius 3 is 2.45 bits per heavy atom. The third-order valence-corrected chi connectivity index (χ3v) is 1.85. The van der Waals surface area contributed by atoms with Crippen molar-refractivity contribution in [2.75, 3.05) is 0 Å². The number of aryl methyl sites for hydroxylation is 1. The molecule has 0 unspecified atom stereocenters. The van der Waals surface area contributed by atoms with Crippen molar-refractivity contribution in [1.29, 1.82) is 0 Å². The minimum absolute atomic E-state index is 0.156. The molecule has 3 nitrogen and oxygen atoms in total. The van der Waals surface area contributed by atoms with E-state index in [0.717, 1.165) is 0 Å². The van der Waals surface area contributed by atoms with Gasteiger partial charge >= 0.3 is 0 Å². The molecule has 11 heavy (non-hydrogen) atoms. The summed E-state index contributed by atoms with van der Waals surface area (Å²) in [6, 6.07) is 0. The van der Waals surface area contributed by atoms with Crippen molar-refractivity contribution in [1.82, 2.24) is 9.97 Å². The summed E-state index contributed by atoms with van der Waals surface area (Å²) in [5, 5.41) is 9.13. The summed E-state index contributed by atoms with van der Waals surface area (Å²) in [5.74, 6) is 0. The van der Waals surface area contributed by atoms with Crippen LogP contribution in [0, 0.1) is 6.92 Å². The summed E-state index contributed by atoms with van der Waals surface area (Å²) < 4.78 is 0. The predicted molar refractivity (Wildman–Crippen MR) is 42.7 cm³/mol. The Hall–Kier alpha value is -0.380. The van der Waals surface area contributed by atoms with Crippen molar-refractivity contribution < 1.29 is 5.11 Å². The first-order valence-corrected chi connectivity index (χ1v) is 3.70. The van der Waals surface area contributed by atoms with E-state index in [1.165, 1.54) is 0 Å². The lowest BCUT2D eigenvalue weighted by Gasteiger charge is -2.01. The summed E-state index contributed by atoms with van der Waals surface area (Å²) in [5.41, 5.74) is 0.925. The second-order valence-electron chi connectivity index (χ2n) is 2.00. The van der Waals surface area contributed by atoms with Gasteiger partial charge in [-0.05, 0) is 6.92 Å². The van der Waals surface area contributed by atoms with Crippen LogP contribution in [0.15, 0.2) is 0 Å². The molecule has 1 aromatic heterocycles. The smallest absolute Gasteiger partial charge is 0.154 e. The van der Waals surface area contributed by atoms with Gasteiger partial charge in [-0.2, -0.15) is 0 Å². The van der Waals surface area contributed by atoms with Gasteiger partial charge in [-0.25, -0.2) is 9.97 Å². The molecule has 1 aromatic rings. The summed E-state index contributed by atoms with van der Waals surface area (Å²) in [7, 11) is 0. The summed E-state index contributed by atoms with van der Waals surface area (Å²) in [6.45, 7) is 1.48. The molecule has 1 rings (SSSR count). The maximum Gasteiger partial charge on any atom is 0.154 e. The second kappa shape index (κ2) is 3.34. The van der Waals surface area contributed by atoms with E-state index in [-0.39, 0.29) is 16.9 Å². The van der Waals surface area contributed by atoms with Gasteiger partial charge in [-0.1, -0.05) is 23.2 Å². The fraction of sp³-hybridized carbons (Fsp3) is 0.333. The molecule has 0 spiro atoms. The molecule has 60 valence electrons. The van der Waals surface area contributed by atoms with Crippen LogP contribution in [0.4, 0.5) is 0 Å². The highest BCUT2D eigenvalue weighted by Crippen LogP contribution is 2.16. The monoisotopic (exact) mass is 192 g/mol. The molecule has 0 aromatic carbocycles. The highest BCUT2D eigenvalue weighted by Gasteiger charge is 2.05. The quantitative estimate of drug-likeness (QED) is 0.736. The summed E-state index contributed by atoms with van der Waals surface area (Å²) >= 11 is 11.2. The van der Waals surface area contributed by atoms with Crippen molar-refractivity contribution in [3.8, 4) is 0 Å². The van der Waals surface area contributed by atoms with Crippen LogP contribution in [0.1, 0.15) is 11.4 Å². The van der Waals surface area contributed by atoms with E-state index in [0.29, 0.717) is 11.4 Å². The fourth-order valence-electron chi connectivity index (χ4n) is 0.627. The molecule has 0 radical (unpaired) electrons. The Balaban J connectivity index is 3.21. The van der Waals surface area contributed by atoms with Gasteiger partial charge in [0, 0.05) is 0 Å². The van der Waals surface area contributed by atoms with Gasteiger partial charge in [0.25, 0.3) is 0 Å². The first kappa shape index (κ1) is 8.71. The van der Waals surface area contributed by atoms with Gasteiger partial charge < -0.3 is 5.11 Å². The summed E-state index contributed by atoms with van der Waals surface area (Å²) in [4.78, 5) is 7.67. The van der Waals surface area contributed by atoms with Crippen LogP contribution in [0.3, 0.4) is 0 Å². The molecule has 5 heteroatoms. The maximum absolute atomic E-state index is 8.70.